The van der Waals surface area contributed by atoms with E-state index in [2.05, 4.69) is 26.9 Å². The van der Waals surface area contributed by atoms with E-state index in [0.717, 1.165) is 42.3 Å². The number of hydrogen-bond acceptors (Lipinski definition) is 6. The number of carbonyl (C=O) groups is 3. The number of carboxylic acids is 1. The summed E-state index contributed by atoms with van der Waals surface area (Å²) in [6.07, 6.45) is 2.35. The quantitative estimate of drug-likeness (QED) is 0.252. The van der Waals surface area contributed by atoms with Gasteiger partial charge >= 0.3 is 5.97 Å². The summed E-state index contributed by atoms with van der Waals surface area (Å²) in [5.41, 5.74) is 2.58. The molecule has 0 saturated heterocycles. The van der Waals surface area contributed by atoms with Crippen molar-refractivity contribution >= 4 is 18.3 Å². The molecular formula is C31H32N4O6. The van der Waals surface area contributed by atoms with Gasteiger partial charge in [-0.1, -0.05) is 60.7 Å². The molecule has 1 amide bonds. The maximum absolute atomic E-state index is 13.0. The average Bonchev–Trinajstić information content (AvgIpc) is 3.43. The van der Waals surface area contributed by atoms with E-state index in [1.54, 1.807) is 18.2 Å². The van der Waals surface area contributed by atoms with Crippen LogP contribution in [0.1, 0.15) is 43.8 Å². The molecular weight excluding hydrogens is 524 g/mol. The van der Waals surface area contributed by atoms with Crippen LogP contribution in [0.3, 0.4) is 0 Å². The summed E-state index contributed by atoms with van der Waals surface area (Å²) in [5, 5.41) is 19.0. The van der Waals surface area contributed by atoms with E-state index in [1.807, 2.05) is 60.8 Å². The molecule has 1 aliphatic rings. The van der Waals surface area contributed by atoms with E-state index in [1.165, 1.54) is 0 Å². The van der Waals surface area contributed by atoms with Crippen LogP contribution in [-0.2, 0) is 17.8 Å². The van der Waals surface area contributed by atoms with Gasteiger partial charge in [0.2, 0.25) is 0 Å². The van der Waals surface area contributed by atoms with Crippen LogP contribution >= 0.6 is 0 Å². The predicted molar refractivity (Wildman–Crippen MR) is 152 cm³/mol. The fraction of sp³-hybridized carbons (Fsp3) is 0.226. The monoisotopic (exact) mass is 556 g/mol. The highest BCUT2D eigenvalue weighted by Gasteiger charge is 2.32. The second-order valence-electron chi connectivity index (χ2n) is 9.31. The Morgan fingerprint density at radius 2 is 1.71 bits per heavy atom. The summed E-state index contributed by atoms with van der Waals surface area (Å²) in [7, 11) is 0. The van der Waals surface area contributed by atoms with Gasteiger partial charge in [0, 0.05) is 32.4 Å². The second-order valence-corrected chi connectivity index (χ2v) is 9.31. The van der Waals surface area contributed by atoms with Crippen molar-refractivity contribution in [3.63, 3.8) is 0 Å². The van der Waals surface area contributed by atoms with Crippen molar-refractivity contribution in [1.82, 2.24) is 19.8 Å². The van der Waals surface area contributed by atoms with Gasteiger partial charge in [0.1, 0.15) is 23.9 Å². The van der Waals surface area contributed by atoms with E-state index in [4.69, 9.17) is 19.6 Å². The third kappa shape index (κ3) is 7.80. The smallest absolute Gasteiger partial charge is 0.335 e. The minimum atomic E-state index is -0.965. The van der Waals surface area contributed by atoms with Crippen LogP contribution in [-0.4, -0.2) is 69.3 Å². The van der Waals surface area contributed by atoms with Crippen molar-refractivity contribution in [3.8, 4) is 5.75 Å². The summed E-state index contributed by atoms with van der Waals surface area (Å²) in [6, 6.07) is 26.6. The second kappa shape index (κ2) is 14.4. The van der Waals surface area contributed by atoms with E-state index in [-0.39, 0.29) is 24.0 Å². The van der Waals surface area contributed by atoms with E-state index in [0.29, 0.717) is 25.3 Å². The van der Waals surface area contributed by atoms with Crippen molar-refractivity contribution in [2.45, 2.75) is 19.0 Å². The third-order valence-electron chi connectivity index (χ3n) is 6.66. The Labute approximate surface area is 237 Å². The molecule has 0 bridgehead atoms. The lowest BCUT2D eigenvalue weighted by Gasteiger charge is -2.36. The fourth-order valence-electron chi connectivity index (χ4n) is 4.77. The molecule has 1 atom stereocenters. The van der Waals surface area contributed by atoms with E-state index < -0.39 is 5.97 Å². The number of carbonyl (C=O) groups excluding carboxylic acids is 1. The Morgan fingerprint density at radius 3 is 2.41 bits per heavy atom. The van der Waals surface area contributed by atoms with Crippen LogP contribution in [0.25, 0.3) is 0 Å². The molecule has 1 aliphatic heterocycles. The Morgan fingerprint density at radius 1 is 1.00 bits per heavy atom. The highest BCUT2D eigenvalue weighted by atomic mass is 16.5. The molecule has 212 valence electrons. The Kier molecular flexibility index (Phi) is 10.2. The molecule has 2 heterocycles. The van der Waals surface area contributed by atoms with Crippen LogP contribution in [0, 0.1) is 0 Å². The minimum absolute atomic E-state index is 0.0929. The zero-order chi connectivity index (χ0) is 29.0. The third-order valence-corrected chi connectivity index (χ3v) is 6.66. The molecule has 5 rings (SSSR count). The number of imidazole rings is 1. The molecule has 3 N–H and O–H groups in total. The number of aromatic nitrogens is 2. The van der Waals surface area contributed by atoms with Gasteiger partial charge in [-0.15, -0.1) is 0 Å². The first kappa shape index (κ1) is 29.0. The zero-order valence-electron chi connectivity index (χ0n) is 22.4. The van der Waals surface area contributed by atoms with Gasteiger partial charge in [0.15, 0.2) is 0 Å². The van der Waals surface area contributed by atoms with Gasteiger partial charge in [0.25, 0.3) is 12.4 Å². The van der Waals surface area contributed by atoms with E-state index in [9.17, 15) is 14.7 Å². The Balaban J connectivity index is 0.00000124. The number of benzene rings is 3. The fourth-order valence-corrected chi connectivity index (χ4v) is 4.77. The maximum Gasteiger partial charge on any atom is 0.335 e. The van der Waals surface area contributed by atoms with Gasteiger partial charge in [-0.3, -0.25) is 14.5 Å². The number of aromatic carboxylic acids is 1. The number of hydrogen-bond donors (Lipinski definition) is 3. The van der Waals surface area contributed by atoms with Crippen LogP contribution in [0.4, 0.5) is 0 Å². The number of fused-ring (bicyclic) bond motifs is 1. The van der Waals surface area contributed by atoms with Gasteiger partial charge in [-0.2, -0.15) is 0 Å². The highest BCUT2D eigenvalue weighted by molar-refractivity contribution is 5.92. The van der Waals surface area contributed by atoms with Crippen LogP contribution < -0.4 is 10.1 Å². The number of para-hydroxylation sites is 1. The van der Waals surface area contributed by atoms with Crippen molar-refractivity contribution in [1.29, 1.82) is 0 Å². The molecule has 0 fully saturated rings. The van der Waals surface area contributed by atoms with Crippen molar-refractivity contribution in [3.05, 3.63) is 119 Å². The predicted octanol–water partition coefficient (Wildman–Crippen LogP) is 3.74. The standard InChI is InChI=1S/C30H30N4O4.CH2O2/c35-29(31-15-14-22-8-7-11-24(20-22)30(36)37)26-21-34-17-16-33(18-19-38-25-12-5-2-6-13-25)27(28(34)32-26)23-9-3-1-4-10-23;2-1-3/h1-13,20-21,27H,14-19H2,(H,31,35)(H,36,37);1H,(H,2,3). The first-order chi connectivity index (χ1) is 20.0. The summed E-state index contributed by atoms with van der Waals surface area (Å²) in [6.45, 7) is 2.94. The van der Waals surface area contributed by atoms with Crippen LogP contribution in [0.5, 0.6) is 5.75 Å². The normalized spacial score (nSPS) is 14.2. The molecule has 4 aromatic rings. The first-order valence-electron chi connectivity index (χ1n) is 13.2. The molecule has 0 spiro atoms. The average molecular weight is 557 g/mol. The Bertz CT molecular complexity index is 1440. The van der Waals surface area contributed by atoms with Crippen molar-refractivity contribution in [2.75, 3.05) is 26.2 Å². The van der Waals surface area contributed by atoms with Crippen LogP contribution in [0.15, 0.2) is 91.1 Å². The summed E-state index contributed by atoms with van der Waals surface area (Å²) in [5.74, 6) is 0.470. The van der Waals surface area contributed by atoms with Crippen molar-refractivity contribution < 1.29 is 29.3 Å². The van der Waals surface area contributed by atoms with Gasteiger partial charge in [-0.05, 0) is 41.8 Å². The molecule has 1 aromatic heterocycles. The summed E-state index contributed by atoms with van der Waals surface area (Å²) >= 11 is 0. The number of carboxylic acid groups (broad SMARTS) is 2. The lowest BCUT2D eigenvalue weighted by molar-refractivity contribution is -0.122. The SMILES string of the molecule is O=C(O)c1cccc(CCNC(=O)c2cn3c(n2)C(c2ccccc2)N(CCOc2ccccc2)CC3)c1.O=CO. The number of ether oxygens (including phenoxy) is 1. The molecule has 3 aromatic carbocycles. The minimum Gasteiger partial charge on any atom is -0.492 e. The molecule has 0 saturated carbocycles. The number of nitrogens with zero attached hydrogens (tertiary/aromatic N) is 3. The molecule has 1 unspecified atom stereocenters. The largest absolute Gasteiger partial charge is 0.492 e. The highest BCUT2D eigenvalue weighted by Crippen LogP contribution is 2.31. The van der Waals surface area contributed by atoms with Crippen LogP contribution in [0.2, 0.25) is 0 Å². The number of amides is 1. The number of nitrogens with one attached hydrogen (secondary N) is 1. The maximum atomic E-state index is 13.0. The molecule has 41 heavy (non-hydrogen) atoms. The molecule has 0 radical (unpaired) electrons. The first-order valence-corrected chi connectivity index (χ1v) is 13.2. The van der Waals surface area contributed by atoms with Crippen molar-refractivity contribution in [2.24, 2.45) is 0 Å². The van der Waals surface area contributed by atoms with Gasteiger partial charge in [0.05, 0.1) is 11.6 Å². The number of rotatable bonds is 10. The zero-order valence-corrected chi connectivity index (χ0v) is 22.4. The lowest BCUT2D eigenvalue weighted by atomic mass is 10.0. The molecule has 10 heteroatoms. The topological polar surface area (TPSA) is 134 Å². The van der Waals surface area contributed by atoms with Gasteiger partial charge < -0.3 is 24.8 Å². The molecule has 10 nitrogen and oxygen atoms in total. The molecule has 0 aliphatic carbocycles. The lowest BCUT2D eigenvalue weighted by Crippen LogP contribution is -2.41. The summed E-state index contributed by atoms with van der Waals surface area (Å²) < 4.78 is 8.03. The van der Waals surface area contributed by atoms with Gasteiger partial charge in [-0.25, -0.2) is 9.78 Å². The Hall–Kier alpha value is -4.96. The van der Waals surface area contributed by atoms with E-state index >= 15 is 0 Å². The summed E-state index contributed by atoms with van der Waals surface area (Å²) in [4.78, 5) is 39.7.